The highest BCUT2D eigenvalue weighted by atomic mass is 19.2. The first-order chi connectivity index (χ1) is 7.03. The van der Waals surface area contributed by atoms with Crippen molar-refractivity contribution in [2.45, 2.75) is 12.3 Å². The Kier molecular flexibility index (Phi) is 1.96. The van der Waals surface area contributed by atoms with Crippen molar-refractivity contribution in [1.29, 1.82) is 0 Å². The van der Waals surface area contributed by atoms with Crippen molar-refractivity contribution in [2.75, 3.05) is 0 Å². The predicted octanol–water partition coefficient (Wildman–Crippen LogP) is 1.40. The number of carboxylic acids is 1. The third-order valence-corrected chi connectivity index (χ3v) is 2.17. The highest BCUT2D eigenvalue weighted by Gasteiger charge is 2.47. The van der Waals surface area contributed by atoms with Crippen LogP contribution < -0.4 is 4.74 Å². The van der Waals surface area contributed by atoms with Gasteiger partial charge in [-0.1, -0.05) is 12.1 Å². The first-order valence-electron chi connectivity index (χ1n) is 4.26. The van der Waals surface area contributed by atoms with Gasteiger partial charge in [-0.15, -0.1) is 0 Å². The van der Waals surface area contributed by atoms with Gasteiger partial charge in [0, 0.05) is 0 Å². The van der Waals surface area contributed by atoms with Crippen LogP contribution in [0.1, 0.15) is 16.8 Å². The molecule has 1 N–H and O–H groups in total. The first kappa shape index (κ1) is 9.64. The standard InChI is InChI=1S/C10H7FO4/c11-10(9(13)14)5-7(12)6-3-1-2-4-8(6)15-10/h1-4H,5H2,(H,13,14). The summed E-state index contributed by atoms with van der Waals surface area (Å²) >= 11 is 0. The summed E-state index contributed by atoms with van der Waals surface area (Å²) < 4.78 is 18.2. The number of halogens is 1. The van der Waals surface area contributed by atoms with E-state index in [1.807, 2.05) is 0 Å². The van der Waals surface area contributed by atoms with Crippen molar-refractivity contribution >= 4 is 11.8 Å². The number of rotatable bonds is 1. The number of alkyl halides is 1. The van der Waals surface area contributed by atoms with Gasteiger partial charge in [-0.25, -0.2) is 4.79 Å². The normalized spacial score (nSPS) is 24.2. The predicted molar refractivity (Wildman–Crippen MR) is 47.5 cm³/mol. The summed E-state index contributed by atoms with van der Waals surface area (Å²) in [5.41, 5.74) is 0.215. The summed E-state index contributed by atoms with van der Waals surface area (Å²) in [5.74, 6) is -5.32. The number of hydrogen-bond donors (Lipinski definition) is 1. The molecule has 1 atom stereocenters. The number of Topliss-reactive ketones (excluding diaryl/α,β-unsaturated/α-hetero) is 1. The molecule has 1 aliphatic heterocycles. The minimum atomic E-state index is -2.94. The Balaban J connectivity index is 2.47. The summed E-state index contributed by atoms with van der Waals surface area (Å²) in [7, 11) is 0. The van der Waals surface area contributed by atoms with E-state index in [9.17, 15) is 14.0 Å². The molecule has 0 saturated carbocycles. The molecule has 4 nitrogen and oxygen atoms in total. The summed E-state index contributed by atoms with van der Waals surface area (Å²) in [6, 6.07) is 5.98. The van der Waals surface area contributed by atoms with E-state index < -0.39 is 24.0 Å². The number of fused-ring (bicyclic) bond motifs is 1. The fourth-order valence-electron chi connectivity index (χ4n) is 1.42. The van der Waals surface area contributed by atoms with Gasteiger partial charge in [-0.3, -0.25) is 4.79 Å². The summed E-state index contributed by atoms with van der Waals surface area (Å²) in [6.07, 6.45) is -0.792. The lowest BCUT2D eigenvalue weighted by atomic mass is 9.99. The van der Waals surface area contributed by atoms with Gasteiger partial charge >= 0.3 is 11.8 Å². The number of carbonyl (C=O) groups excluding carboxylic acids is 1. The topological polar surface area (TPSA) is 63.6 Å². The third kappa shape index (κ3) is 1.45. The van der Waals surface area contributed by atoms with Crippen molar-refractivity contribution in [3.63, 3.8) is 0 Å². The fourth-order valence-corrected chi connectivity index (χ4v) is 1.42. The number of carboxylic acid groups (broad SMARTS) is 1. The average Bonchev–Trinajstić information content (AvgIpc) is 2.17. The second-order valence-electron chi connectivity index (χ2n) is 3.23. The van der Waals surface area contributed by atoms with Crippen LogP contribution in [0.5, 0.6) is 5.75 Å². The molecule has 0 amide bonds. The molecule has 0 fully saturated rings. The number of carbonyl (C=O) groups is 2. The molecule has 0 aliphatic carbocycles. The zero-order valence-electron chi connectivity index (χ0n) is 7.57. The van der Waals surface area contributed by atoms with Crippen LogP contribution in [0.2, 0.25) is 0 Å². The van der Waals surface area contributed by atoms with Crippen molar-refractivity contribution in [1.82, 2.24) is 0 Å². The molecule has 0 spiro atoms. The van der Waals surface area contributed by atoms with Crippen LogP contribution in [0.25, 0.3) is 0 Å². The molecule has 0 saturated heterocycles. The molecule has 5 heteroatoms. The lowest BCUT2D eigenvalue weighted by Crippen LogP contribution is -2.44. The molecular formula is C10H7FO4. The van der Waals surface area contributed by atoms with Crippen LogP contribution >= 0.6 is 0 Å². The van der Waals surface area contributed by atoms with Crippen LogP contribution in [0.4, 0.5) is 4.39 Å². The monoisotopic (exact) mass is 210 g/mol. The van der Waals surface area contributed by atoms with Crippen molar-refractivity contribution in [2.24, 2.45) is 0 Å². The summed E-state index contributed by atoms with van der Waals surface area (Å²) in [4.78, 5) is 22.0. The molecule has 1 unspecified atom stereocenters. The maximum Gasteiger partial charge on any atom is 0.382 e. The SMILES string of the molecule is O=C1CC(F)(C(=O)O)Oc2ccccc21. The van der Waals surface area contributed by atoms with Gasteiger partial charge in [-0.05, 0) is 12.1 Å². The Hall–Kier alpha value is -1.91. The number of benzene rings is 1. The maximum absolute atomic E-state index is 13.6. The second-order valence-corrected chi connectivity index (χ2v) is 3.23. The number of hydrogen-bond acceptors (Lipinski definition) is 3. The third-order valence-electron chi connectivity index (χ3n) is 2.17. The van der Waals surface area contributed by atoms with Crippen LogP contribution in [0, 0.1) is 0 Å². The van der Waals surface area contributed by atoms with E-state index in [-0.39, 0.29) is 11.3 Å². The Morgan fingerprint density at radius 2 is 2.13 bits per heavy atom. The van der Waals surface area contributed by atoms with E-state index in [1.165, 1.54) is 12.1 Å². The summed E-state index contributed by atoms with van der Waals surface area (Å²) in [5, 5.41) is 8.59. The largest absolute Gasteiger partial charge is 0.476 e. The van der Waals surface area contributed by atoms with Crippen LogP contribution in [0.15, 0.2) is 24.3 Å². The van der Waals surface area contributed by atoms with Crippen LogP contribution in [-0.4, -0.2) is 22.7 Å². The number of para-hydroxylation sites is 1. The van der Waals surface area contributed by atoms with E-state index in [1.54, 1.807) is 12.1 Å². The lowest BCUT2D eigenvalue weighted by Gasteiger charge is -2.27. The molecule has 78 valence electrons. The maximum atomic E-state index is 13.6. The molecule has 2 rings (SSSR count). The molecule has 0 aromatic heterocycles. The van der Waals surface area contributed by atoms with Gasteiger partial charge in [0.2, 0.25) is 0 Å². The minimum Gasteiger partial charge on any atom is -0.476 e. The Labute approximate surface area is 84.3 Å². The van der Waals surface area contributed by atoms with Gasteiger partial charge in [0.25, 0.3) is 0 Å². The molecule has 1 aliphatic rings. The quantitative estimate of drug-likeness (QED) is 0.760. The highest BCUT2D eigenvalue weighted by molar-refractivity contribution is 6.03. The molecule has 0 bridgehead atoms. The molecule has 1 aromatic carbocycles. The zero-order valence-corrected chi connectivity index (χ0v) is 7.57. The van der Waals surface area contributed by atoms with E-state index in [2.05, 4.69) is 4.74 Å². The second kappa shape index (κ2) is 3.05. The molecule has 15 heavy (non-hydrogen) atoms. The smallest absolute Gasteiger partial charge is 0.382 e. The molecule has 0 radical (unpaired) electrons. The van der Waals surface area contributed by atoms with Crippen molar-refractivity contribution < 1.29 is 23.8 Å². The Morgan fingerprint density at radius 1 is 1.47 bits per heavy atom. The van der Waals surface area contributed by atoms with Crippen molar-refractivity contribution in [3.8, 4) is 5.75 Å². The number of ether oxygens (including phenoxy) is 1. The van der Waals surface area contributed by atoms with E-state index in [0.29, 0.717) is 0 Å². The lowest BCUT2D eigenvalue weighted by molar-refractivity contribution is -0.174. The minimum absolute atomic E-state index is 0.0290. The first-order valence-corrected chi connectivity index (χ1v) is 4.26. The fraction of sp³-hybridized carbons (Fsp3) is 0.200. The Morgan fingerprint density at radius 3 is 2.80 bits per heavy atom. The van der Waals surface area contributed by atoms with Gasteiger partial charge in [0.15, 0.2) is 5.78 Å². The van der Waals surface area contributed by atoms with Crippen molar-refractivity contribution in [3.05, 3.63) is 29.8 Å². The zero-order chi connectivity index (χ0) is 11.1. The van der Waals surface area contributed by atoms with Gasteiger partial charge in [0.05, 0.1) is 12.0 Å². The van der Waals surface area contributed by atoms with Crippen LogP contribution in [-0.2, 0) is 4.79 Å². The average molecular weight is 210 g/mol. The van der Waals surface area contributed by atoms with Gasteiger partial charge in [0.1, 0.15) is 5.75 Å². The summed E-state index contributed by atoms with van der Waals surface area (Å²) in [6.45, 7) is 0. The van der Waals surface area contributed by atoms with E-state index in [4.69, 9.17) is 5.11 Å². The highest BCUT2D eigenvalue weighted by Crippen LogP contribution is 2.34. The molecular weight excluding hydrogens is 203 g/mol. The Bertz CT molecular complexity index is 443. The molecule has 1 aromatic rings. The van der Waals surface area contributed by atoms with E-state index >= 15 is 0 Å². The van der Waals surface area contributed by atoms with Gasteiger partial charge in [-0.2, -0.15) is 4.39 Å². The van der Waals surface area contributed by atoms with Gasteiger partial charge < -0.3 is 9.84 Å². The van der Waals surface area contributed by atoms with Crippen LogP contribution in [0.3, 0.4) is 0 Å². The molecule has 1 heterocycles. The number of aliphatic carboxylic acids is 1. The van der Waals surface area contributed by atoms with E-state index in [0.717, 1.165) is 0 Å². The number of ketones is 1.